The number of aliphatic hydroxyl groups excluding tert-OH is 1. The van der Waals surface area contributed by atoms with E-state index in [1.54, 1.807) is 13.0 Å². The van der Waals surface area contributed by atoms with Gasteiger partial charge >= 0.3 is 6.36 Å². The molecule has 0 saturated carbocycles. The highest BCUT2D eigenvalue weighted by atomic mass is 19.4. The quantitative estimate of drug-likeness (QED) is 0.638. The summed E-state index contributed by atoms with van der Waals surface area (Å²) in [5.74, 6) is 0.00417. The third kappa shape index (κ3) is 6.61. The van der Waals surface area contributed by atoms with Crippen molar-refractivity contribution >= 4 is 11.7 Å². The van der Waals surface area contributed by atoms with Crippen LogP contribution in [0.15, 0.2) is 30.6 Å². The van der Waals surface area contributed by atoms with Crippen molar-refractivity contribution < 1.29 is 27.8 Å². The molecular weight excluding hydrogens is 463 g/mol. The maximum absolute atomic E-state index is 13.2. The van der Waals surface area contributed by atoms with Crippen LogP contribution in [-0.4, -0.2) is 75.5 Å². The molecular formula is C24H30F3N5O3. The standard InChI is InChI=1S/C24H30F3N5O3/c1-16-21(23(34)32-9-5-18(6-10-32)31-11-7-19(33)8-12-31)29-15-30-22(16)28-14-17-3-2-4-20(13-17)35-24(25,26)27/h2-4,13,15,18-19,33H,5-12,14H2,1H3,(H,28,29,30). The van der Waals surface area contributed by atoms with Gasteiger partial charge in [-0.3, -0.25) is 4.79 Å². The third-order valence-corrected chi connectivity index (χ3v) is 6.65. The number of ether oxygens (including phenoxy) is 1. The number of rotatable bonds is 6. The maximum Gasteiger partial charge on any atom is 0.573 e. The zero-order valence-corrected chi connectivity index (χ0v) is 19.6. The molecule has 0 bridgehead atoms. The SMILES string of the molecule is Cc1c(NCc2cccc(OC(F)(F)F)c2)ncnc1C(=O)N1CCC(N2CCC(O)CC2)CC1. The summed E-state index contributed by atoms with van der Waals surface area (Å²) in [6.07, 6.45) is -0.273. The van der Waals surface area contributed by atoms with Gasteiger partial charge in [0.05, 0.1) is 6.10 Å². The molecule has 35 heavy (non-hydrogen) atoms. The number of anilines is 1. The molecule has 2 N–H and O–H groups in total. The fraction of sp³-hybridized carbons (Fsp3) is 0.542. The van der Waals surface area contributed by atoms with E-state index >= 15 is 0 Å². The van der Waals surface area contributed by atoms with Gasteiger partial charge in [0.25, 0.3) is 5.91 Å². The molecule has 2 aromatic rings. The van der Waals surface area contributed by atoms with Crippen LogP contribution in [0, 0.1) is 6.92 Å². The Balaban J connectivity index is 1.35. The first-order valence-corrected chi connectivity index (χ1v) is 11.8. The van der Waals surface area contributed by atoms with E-state index in [1.165, 1.54) is 24.5 Å². The first-order valence-electron chi connectivity index (χ1n) is 11.8. The number of carbonyl (C=O) groups is 1. The van der Waals surface area contributed by atoms with E-state index in [9.17, 15) is 23.1 Å². The van der Waals surface area contributed by atoms with Gasteiger partial charge in [-0.15, -0.1) is 13.2 Å². The molecule has 2 aliphatic rings. The van der Waals surface area contributed by atoms with Crippen molar-refractivity contribution in [3.63, 3.8) is 0 Å². The fourth-order valence-electron chi connectivity index (χ4n) is 4.72. The molecule has 11 heteroatoms. The molecule has 0 unspecified atom stereocenters. The Labute approximate surface area is 202 Å². The van der Waals surface area contributed by atoms with E-state index in [4.69, 9.17) is 0 Å². The van der Waals surface area contributed by atoms with Crippen molar-refractivity contribution in [3.8, 4) is 5.75 Å². The Bertz CT molecular complexity index is 1020. The summed E-state index contributed by atoms with van der Waals surface area (Å²) in [5.41, 5.74) is 1.48. The summed E-state index contributed by atoms with van der Waals surface area (Å²) < 4.78 is 41.4. The van der Waals surface area contributed by atoms with Crippen LogP contribution in [0.4, 0.5) is 19.0 Å². The van der Waals surface area contributed by atoms with Crippen LogP contribution in [0.1, 0.15) is 47.3 Å². The van der Waals surface area contributed by atoms with Crippen molar-refractivity contribution in [1.82, 2.24) is 19.8 Å². The van der Waals surface area contributed by atoms with Crippen LogP contribution >= 0.6 is 0 Å². The predicted octanol–water partition coefficient (Wildman–Crippen LogP) is 3.36. The molecule has 1 amide bonds. The van der Waals surface area contributed by atoms with Crippen LogP contribution in [0.5, 0.6) is 5.75 Å². The number of hydrogen-bond donors (Lipinski definition) is 2. The summed E-state index contributed by atoms with van der Waals surface area (Å²) >= 11 is 0. The highest BCUT2D eigenvalue weighted by molar-refractivity contribution is 5.94. The summed E-state index contributed by atoms with van der Waals surface area (Å²) in [7, 11) is 0. The van der Waals surface area contributed by atoms with Crippen LogP contribution in [0.25, 0.3) is 0 Å². The van der Waals surface area contributed by atoms with E-state index in [2.05, 4.69) is 24.9 Å². The first-order chi connectivity index (χ1) is 16.7. The number of benzene rings is 1. The summed E-state index contributed by atoms with van der Waals surface area (Å²) in [5, 5.41) is 12.8. The van der Waals surface area contributed by atoms with E-state index in [1.807, 2.05) is 4.90 Å². The van der Waals surface area contributed by atoms with Crippen molar-refractivity contribution in [2.24, 2.45) is 0 Å². The molecule has 1 aromatic heterocycles. The number of aromatic nitrogens is 2. The minimum atomic E-state index is -4.75. The van der Waals surface area contributed by atoms with Gasteiger partial charge in [-0.25, -0.2) is 9.97 Å². The number of nitrogens with one attached hydrogen (secondary N) is 1. The minimum absolute atomic E-state index is 0.152. The Morgan fingerprint density at radius 1 is 1.14 bits per heavy atom. The Kier molecular flexibility index (Phi) is 7.75. The molecule has 2 aliphatic heterocycles. The highest BCUT2D eigenvalue weighted by Crippen LogP contribution is 2.25. The summed E-state index contributed by atoms with van der Waals surface area (Å²) in [6.45, 7) is 5.03. The van der Waals surface area contributed by atoms with E-state index in [0.717, 1.165) is 38.8 Å². The number of amides is 1. The number of halogens is 3. The second-order valence-corrected chi connectivity index (χ2v) is 9.04. The van der Waals surface area contributed by atoms with Gasteiger partial charge < -0.3 is 25.0 Å². The number of aliphatic hydroxyl groups is 1. The summed E-state index contributed by atoms with van der Waals surface area (Å²) in [6, 6.07) is 6.12. The lowest BCUT2D eigenvalue weighted by Gasteiger charge is -2.41. The lowest BCUT2D eigenvalue weighted by molar-refractivity contribution is -0.274. The number of carbonyl (C=O) groups excluding carboxylic acids is 1. The Morgan fingerprint density at radius 2 is 1.86 bits per heavy atom. The number of likely N-dealkylation sites (tertiary alicyclic amines) is 2. The molecule has 0 aliphatic carbocycles. The Morgan fingerprint density at radius 3 is 2.54 bits per heavy atom. The van der Waals surface area contributed by atoms with Crippen molar-refractivity contribution in [2.45, 2.75) is 57.7 Å². The molecule has 0 atom stereocenters. The van der Waals surface area contributed by atoms with Gasteiger partial charge in [-0.05, 0) is 50.3 Å². The monoisotopic (exact) mass is 493 g/mol. The van der Waals surface area contributed by atoms with Crippen molar-refractivity contribution in [2.75, 3.05) is 31.5 Å². The predicted molar refractivity (Wildman–Crippen MR) is 123 cm³/mol. The Hall–Kier alpha value is -2.92. The molecule has 1 aromatic carbocycles. The molecule has 4 rings (SSSR count). The van der Waals surface area contributed by atoms with Gasteiger partial charge in [-0.2, -0.15) is 0 Å². The highest BCUT2D eigenvalue weighted by Gasteiger charge is 2.32. The molecule has 3 heterocycles. The molecule has 190 valence electrons. The minimum Gasteiger partial charge on any atom is -0.406 e. The number of piperidine rings is 2. The topological polar surface area (TPSA) is 90.8 Å². The summed E-state index contributed by atoms with van der Waals surface area (Å²) in [4.78, 5) is 25.8. The largest absolute Gasteiger partial charge is 0.573 e. The average molecular weight is 494 g/mol. The van der Waals surface area contributed by atoms with Gasteiger partial charge in [0.2, 0.25) is 0 Å². The van der Waals surface area contributed by atoms with Gasteiger partial charge in [0.15, 0.2) is 0 Å². The lowest BCUT2D eigenvalue weighted by Crippen LogP contribution is -2.49. The zero-order valence-electron chi connectivity index (χ0n) is 19.6. The van der Waals surface area contributed by atoms with Gasteiger partial charge in [0.1, 0.15) is 23.6 Å². The van der Waals surface area contributed by atoms with Crippen LogP contribution in [-0.2, 0) is 6.54 Å². The van der Waals surface area contributed by atoms with E-state index < -0.39 is 6.36 Å². The smallest absolute Gasteiger partial charge is 0.406 e. The maximum atomic E-state index is 13.2. The number of alkyl halides is 3. The fourth-order valence-corrected chi connectivity index (χ4v) is 4.72. The normalized spacial score (nSPS) is 18.5. The first kappa shape index (κ1) is 25.2. The van der Waals surface area contributed by atoms with Gasteiger partial charge in [-0.1, -0.05) is 12.1 Å². The van der Waals surface area contributed by atoms with Crippen LogP contribution in [0.2, 0.25) is 0 Å². The average Bonchev–Trinajstić information content (AvgIpc) is 2.83. The zero-order chi connectivity index (χ0) is 25.0. The third-order valence-electron chi connectivity index (χ3n) is 6.65. The molecule has 2 saturated heterocycles. The second kappa shape index (κ2) is 10.8. The van der Waals surface area contributed by atoms with Crippen LogP contribution in [0.3, 0.4) is 0 Å². The molecule has 0 spiro atoms. The van der Waals surface area contributed by atoms with Crippen molar-refractivity contribution in [3.05, 3.63) is 47.4 Å². The second-order valence-electron chi connectivity index (χ2n) is 9.04. The molecule has 8 nitrogen and oxygen atoms in total. The van der Waals surface area contributed by atoms with E-state index in [0.29, 0.717) is 41.8 Å². The van der Waals surface area contributed by atoms with E-state index in [-0.39, 0.29) is 24.3 Å². The molecule has 2 fully saturated rings. The van der Waals surface area contributed by atoms with Crippen molar-refractivity contribution in [1.29, 1.82) is 0 Å². The van der Waals surface area contributed by atoms with Crippen LogP contribution < -0.4 is 10.1 Å². The number of hydrogen-bond acceptors (Lipinski definition) is 7. The van der Waals surface area contributed by atoms with Gasteiger partial charge in [0, 0.05) is 44.3 Å². The number of nitrogens with zero attached hydrogens (tertiary/aromatic N) is 4. The molecule has 0 radical (unpaired) electrons. The lowest BCUT2D eigenvalue weighted by atomic mass is 9.98.